The Labute approximate surface area is 79.3 Å². The summed E-state index contributed by atoms with van der Waals surface area (Å²) >= 11 is 0. The molecule has 6 fully saturated rings. The zero-order valence-electron chi connectivity index (χ0n) is 8.11. The van der Waals surface area contributed by atoms with Crippen LogP contribution in [0.2, 0.25) is 0 Å². The van der Waals surface area contributed by atoms with Gasteiger partial charge in [-0.2, -0.15) is 0 Å². The van der Waals surface area contributed by atoms with Crippen LogP contribution < -0.4 is 5.32 Å². The zero-order valence-corrected chi connectivity index (χ0v) is 8.11. The minimum Gasteiger partial charge on any atom is -0.316 e. The van der Waals surface area contributed by atoms with Gasteiger partial charge in [-0.05, 0) is 67.2 Å². The summed E-state index contributed by atoms with van der Waals surface area (Å²) < 4.78 is 0. The maximum Gasteiger partial charge on any atom is 0.0132 e. The van der Waals surface area contributed by atoms with Gasteiger partial charge >= 0.3 is 0 Å². The van der Waals surface area contributed by atoms with E-state index in [0.29, 0.717) is 0 Å². The van der Waals surface area contributed by atoms with E-state index in [9.17, 15) is 0 Å². The summed E-state index contributed by atoms with van der Waals surface area (Å²) in [6, 6.07) is 0.947. The molecule has 0 radical (unpaired) electrons. The van der Waals surface area contributed by atoms with Gasteiger partial charge < -0.3 is 5.32 Å². The predicted molar refractivity (Wildman–Crippen MR) is 50.0 cm³/mol. The van der Waals surface area contributed by atoms with Gasteiger partial charge in [0.05, 0.1) is 0 Å². The Morgan fingerprint density at radius 1 is 0.769 bits per heavy atom. The first kappa shape index (κ1) is 6.44. The Hall–Kier alpha value is -0.0400. The second-order valence-electron chi connectivity index (χ2n) is 6.25. The van der Waals surface area contributed by atoms with E-state index >= 15 is 0 Å². The molecule has 0 aromatic heterocycles. The summed E-state index contributed by atoms with van der Waals surface area (Å²) in [5.74, 6) is 9.44. The SMILES string of the molecule is CNC1[C@@H]2[C@@H]3C[C@@H]4[C@@H]5C[C@@H]([C@@H]1[C@H]53)[C@@H]42. The monoisotopic (exact) mass is 175 g/mol. The van der Waals surface area contributed by atoms with Gasteiger partial charge in [0.15, 0.2) is 0 Å². The quantitative estimate of drug-likeness (QED) is 0.634. The molecule has 1 heteroatoms. The molecule has 0 aliphatic heterocycles. The van der Waals surface area contributed by atoms with E-state index in [4.69, 9.17) is 0 Å². The van der Waals surface area contributed by atoms with Crippen molar-refractivity contribution in [2.75, 3.05) is 7.05 Å². The van der Waals surface area contributed by atoms with Crippen molar-refractivity contribution in [1.82, 2.24) is 5.32 Å². The van der Waals surface area contributed by atoms with Gasteiger partial charge in [-0.1, -0.05) is 0 Å². The minimum atomic E-state index is 0.947. The molecule has 1 unspecified atom stereocenters. The van der Waals surface area contributed by atoms with Crippen LogP contribution in [0.3, 0.4) is 0 Å². The first-order valence-corrected chi connectivity index (χ1v) is 6.09. The molecule has 0 amide bonds. The average molecular weight is 175 g/mol. The third kappa shape index (κ3) is 0.407. The standard InChI is InChI=1S/C12H17N/c1-13-12-10-6-2-4-5-3-7(8(4)10)11(12)9(5)6/h4-13H,2-3H2,1H3/t4-,5+,6-,7-,8-,9-,10-,11-,12?/m1/s1. The van der Waals surface area contributed by atoms with Crippen LogP contribution in [0.4, 0.5) is 0 Å². The smallest absolute Gasteiger partial charge is 0.0132 e. The Bertz CT molecular complexity index is 271. The summed E-state index contributed by atoms with van der Waals surface area (Å²) in [7, 11) is 2.20. The van der Waals surface area contributed by atoms with Crippen molar-refractivity contribution in [3.8, 4) is 0 Å². The molecule has 0 heterocycles. The lowest BCUT2D eigenvalue weighted by Crippen LogP contribution is -2.31. The van der Waals surface area contributed by atoms with Crippen molar-refractivity contribution >= 4 is 0 Å². The second kappa shape index (κ2) is 1.60. The zero-order chi connectivity index (χ0) is 8.32. The second-order valence-corrected chi connectivity index (χ2v) is 6.25. The normalized spacial score (nSPS) is 79.6. The molecule has 0 saturated heterocycles. The van der Waals surface area contributed by atoms with Crippen LogP contribution in [0.25, 0.3) is 0 Å². The number of nitrogens with one attached hydrogen (secondary N) is 1. The predicted octanol–water partition coefficient (Wildman–Crippen LogP) is 1.35. The molecule has 6 aliphatic carbocycles. The molecule has 6 bridgehead atoms. The number of hydrogen-bond acceptors (Lipinski definition) is 1. The molecule has 70 valence electrons. The van der Waals surface area contributed by atoms with Crippen LogP contribution in [0.5, 0.6) is 0 Å². The van der Waals surface area contributed by atoms with Gasteiger partial charge in [0, 0.05) is 6.04 Å². The van der Waals surface area contributed by atoms with E-state index < -0.39 is 0 Å². The molecule has 1 N–H and O–H groups in total. The fourth-order valence-corrected chi connectivity index (χ4v) is 7.01. The van der Waals surface area contributed by atoms with Crippen LogP contribution >= 0.6 is 0 Å². The van der Waals surface area contributed by atoms with Gasteiger partial charge in [0.2, 0.25) is 0 Å². The molecule has 6 rings (SSSR count). The Morgan fingerprint density at radius 2 is 1.31 bits per heavy atom. The first-order chi connectivity index (χ1) is 6.42. The van der Waals surface area contributed by atoms with Gasteiger partial charge in [0.1, 0.15) is 0 Å². The lowest BCUT2D eigenvalue weighted by molar-refractivity contribution is 0.132. The van der Waals surface area contributed by atoms with Crippen molar-refractivity contribution in [1.29, 1.82) is 0 Å². The number of hydrogen-bond donors (Lipinski definition) is 1. The fraction of sp³-hybridized carbons (Fsp3) is 1.00. The van der Waals surface area contributed by atoms with E-state index in [1.165, 1.54) is 35.5 Å². The van der Waals surface area contributed by atoms with E-state index in [1.54, 1.807) is 12.8 Å². The van der Waals surface area contributed by atoms with Gasteiger partial charge in [-0.15, -0.1) is 0 Å². The lowest BCUT2D eigenvalue weighted by atomic mass is 9.71. The van der Waals surface area contributed by atoms with E-state index in [1.807, 2.05) is 0 Å². The summed E-state index contributed by atoms with van der Waals surface area (Å²) in [5, 5.41) is 3.64. The molecule has 9 atom stereocenters. The van der Waals surface area contributed by atoms with E-state index in [0.717, 1.165) is 17.9 Å². The van der Waals surface area contributed by atoms with E-state index in [2.05, 4.69) is 12.4 Å². The maximum absolute atomic E-state index is 3.64. The van der Waals surface area contributed by atoms with Gasteiger partial charge in [0.25, 0.3) is 0 Å². The van der Waals surface area contributed by atoms with Crippen molar-refractivity contribution in [2.24, 2.45) is 47.3 Å². The van der Waals surface area contributed by atoms with Crippen LogP contribution in [-0.4, -0.2) is 13.1 Å². The lowest BCUT2D eigenvalue weighted by Gasteiger charge is -2.33. The summed E-state index contributed by atoms with van der Waals surface area (Å²) in [6.07, 6.45) is 3.27. The average Bonchev–Trinajstić information content (AvgIpc) is 2.78. The highest BCUT2D eigenvalue weighted by Crippen LogP contribution is 2.82. The largest absolute Gasteiger partial charge is 0.316 e. The summed E-state index contributed by atoms with van der Waals surface area (Å²) in [6.45, 7) is 0. The fourth-order valence-electron chi connectivity index (χ4n) is 7.01. The molecule has 13 heavy (non-hydrogen) atoms. The Kier molecular flexibility index (Phi) is 0.793. The first-order valence-electron chi connectivity index (χ1n) is 6.09. The van der Waals surface area contributed by atoms with Crippen LogP contribution in [0.1, 0.15) is 12.8 Å². The minimum absolute atomic E-state index is 0.947. The third-order valence-corrected chi connectivity index (χ3v) is 6.66. The highest BCUT2D eigenvalue weighted by Gasteiger charge is 2.79. The molecule has 6 saturated carbocycles. The molecule has 0 spiro atoms. The Morgan fingerprint density at radius 3 is 1.77 bits per heavy atom. The third-order valence-electron chi connectivity index (χ3n) is 6.66. The van der Waals surface area contributed by atoms with Crippen molar-refractivity contribution in [3.05, 3.63) is 0 Å². The highest BCUT2D eigenvalue weighted by molar-refractivity contribution is 5.29. The van der Waals surface area contributed by atoms with Crippen LogP contribution in [-0.2, 0) is 0 Å². The summed E-state index contributed by atoms with van der Waals surface area (Å²) in [5.41, 5.74) is 0. The van der Waals surface area contributed by atoms with Crippen molar-refractivity contribution in [2.45, 2.75) is 18.9 Å². The molecule has 0 aromatic carbocycles. The maximum atomic E-state index is 3.64. The van der Waals surface area contributed by atoms with Crippen LogP contribution in [0.15, 0.2) is 0 Å². The van der Waals surface area contributed by atoms with Crippen molar-refractivity contribution in [3.63, 3.8) is 0 Å². The molecule has 0 aromatic rings. The topological polar surface area (TPSA) is 12.0 Å². The number of rotatable bonds is 1. The highest BCUT2D eigenvalue weighted by atomic mass is 15.0. The van der Waals surface area contributed by atoms with Gasteiger partial charge in [-0.25, -0.2) is 0 Å². The molecular weight excluding hydrogens is 158 g/mol. The molecule has 6 aliphatic rings. The van der Waals surface area contributed by atoms with Crippen LogP contribution in [0, 0.1) is 47.3 Å². The van der Waals surface area contributed by atoms with E-state index in [-0.39, 0.29) is 0 Å². The van der Waals surface area contributed by atoms with Crippen molar-refractivity contribution < 1.29 is 0 Å². The Balaban J connectivity index is 1.79. The molecule has 1 nitrogen and oxygen atoms in total. The van der Waals surface area contributed by atoms with Gasteiger partial charge in [-0.3, -0.25) is 0 Å². The molecular formula is C12H17N. The summed E-state index contributed by atoms with van der Waals surface area (Å²) in [4.78, 5) is 0.